The number of aliphatic hydroxyl groups excluding tert-OH is 1. The van der Waals surface area contributed by atoms with Crippen LogP contribution in [0.4, 0.5) is 0 Å². The predicted octanol–water partition coefficient (Wildman–Crippen LogP) is 1.40. The van der Waals surface area contributed by atoms with Gasteiger partial charge in [0.15, 0.2) is 5.69 Å². The van der Waals surface area contributed by atoms with Crippen molar-refractivity contribution in [3.8, 4) is 5.75 Å². The molecule has 28 heavy (non-hydrogen) atoms. The molecule has 150 valence electrons. The average molecular weight is 385 g/mol. The Balaban J connectivity index is 1.63. The number of amides is 1. The summed E-state index contributed by atoms with van der Waals surface area (Å²) in [5.74, 6) is 0.564. The molecule has 1 unspecified atom stereocenters. The predicted molar refractivity (Wildman–Crippen MR) is 105 cm³/mol. The van der Waals surface area contributed by atoms with Crippen molar-refractivity contribution in [3.63, 3.8) is 0 Å². The van der Waals surface area contributed by atoms with Gasteiger partial charge in [0, 0.05) is 25.2 Å². The number of nitrogens with one attached hydrogen (secondary N) is 1. The summed E-state index contributed by atoms with van der Waals surface area (Å²) in [5, 5.41) is 19.5. The zero-order chi connectivity index (χ0) is 19.8. The Hall–Kier alpha value is -2.71. The van der Waals surface area contributed by atoms with Crippen LogP contribution in [0.25, 0.3) is 0 Å². The molecule has 2 N–H and O–H groups in total. The normalized spacial score (nSPS) is 17.2. The van der Waals surface area contributed by atoms with E-state index in [0.29, 0.717) is 6.61 Å². The summed E-state index contributed by atoms with van der Waals surface area (Å²) in [6.07, 6.45) is 5.47. The van der Waals surface area contributed by atoms with Crippen molar-refractivity contribution >= 4 is 5.91 Å². The quantitative estimate of drug-likeness (QED) is 0.634. The monoisotopic (exact) mass is 385 g/mol. The molecule has 1 aromatic heterocycles. The summed E-state index contributed by atoms with van der Waals surface area (Å²) in [4.78, 5) is 14.3. The fourth-order valence-electron chi connectivity index (χ4n) is 3.37. The van der Waals surface area contributed by atoms with Crippen LogP contribution in [-0.4, -0.2) is 63.8 Å². The fourth-order valence-corrected chi connectivity index (χ4v) is 3.37. The first-order chi connectivity index (χ1) is 13.7. The van der Waals surface area contributed by atoms with E-state index in [0.717, 1.165) is 43.8 Å². The molecule has 2 aromatic rings. The number of rotatable bonds is 9. The van der Waals surface area contributed by atoms with Gasteiger partial charge in [0.25, 0.3) is 5.91 Å². The van der Waals surface area contributed by atoms with E-state index in [1.165, 1.54) is 0 Å². The molecule has 3 rings (SSSR count). The Bertz CT molecular complexity index is 792. The number of piperidine rings is 1. The highest BCUT2D eigenvalue weighted by Gasteiger charge is 2.24. The number of para-hydroxylation sites is 1. The molecular formula is C20H27N5O3. The van der Waals surface area contributed by atoms with E-state index in [9.17, 15) is 4.79 Å². The van der Waals surface area contributed by atoms with Crippen LogP contribution in [0, 0.1) is 0 Å². The molecule has 8 heteroatoms. The number of ether oxygens (including phenoxy) is 1. The topological polar surface area (TPSA) is 92.5 Å². The molecule has 0 aliphatic carbocycles. The smallest absolute Gasteiger partial charge is 0.273 e. The van der Waals surface area contributed by atoms with E-state index in [1.54, 1.807) is 17.0 Å². The van der Waals surface area contributed by atoms with Crippen LogP contribution < -0.4 is 10.1 Å². The lowest BCUT2D eigenvalue weighted by molar-refractivity contribution is 0.0939. The van der Waals surface area contributed by atoms with Crippen LogP contribution in [0.5, 0.6) is 5.75 Å². The highest BCUT2D eigenvalue weighted by molar-refractivity contribution is 5.91. The van der Waals surface area contributed by atoms with Gasteiger partial charge in [-0.3, -0.25) is 9.69 Å². The zero-order valence-corrected chi connectivity index (χ0v) is 16.0. The number of nitrogens with zero attached hydrogens (tertiary/aromatic N) is 4. The van der Waals surface area contributed by atoms with Gasteiger partial charge in [0.2, 0.25) is 0 Å². The number of aromatic nitrogens is 3. The molecule has 2 heterocycles. The lowest BCUT2D eigenvalue weighted by atomic mass is 10.0. The van der Waals surface area contributed by atoms with Crippen molar-refractivity contribution in [2.45, 2.75) is 25.4 Å². The average Bonchev–Trinajstić information content (AvgIpc) is 3.22. The Morgan fingerprint density at radius 3 is 3.11 bits per heavy atom. The number of likely N-dealkylation sites (tertiary alicyclic amines) is 1. The molecule has 1 atom stereocenters. The van der Waals surface area contributed by atoms with Crippen LogP contribution in [0.3, 0.4) is 0 Å². The number of hydrogen-bond acceptors (Lipinski definition) is 6. The summed E-state index contributed by atoms with van der Waals surface area (Å²) in [7, 11) is 0. The highest BCUT2D eigenvalue weighted by atomic mass is 16.5. The third-order valence-electron chi connectivity index (χ3n) is 4.72. The first kappa shape index (κ1) is 20.0. The third kappa shape index (κ3) is 5.17. The van der Waals surface area contributed by atoms with Crippen LogP contribution in [0.2, 0.25) is 0 Å². The lowest BCUT2D eigenvalue weighted by Gasteiger charge is -2.32. The van der Waals surface area contributed by atoms with E-state index < -0.39 is 0 Å². The van der Waals surface area contributed by atoms with Gasteiger partial charge in [-0.05, 0) is 25.5 Å². The molecule has 0 bridgehead atoms. The number of carbonyl (C=O) groups excluding carboxylic acids is 1. The minimum Gasteiger partial charge on any atom is -0.489 e. The second-order valence-electron chi connectivity index (χ2n) is 6.80. The van der Waals surface area contributed by atoms with Gasteiger partial charge in [-0.2, -0.15) is 0 Å². The standard InChI is InChI=1S/C20H27N5O3/c1-2-12-28-19-8-4-3-6-16(19)13-24-10-5-7-17(14-24)25-15-18(22-23-25)20(27)21-9-11-26/h2-4,6,8,15,17,26H,1,5,7,9-14H2,(H,21,27). The van der Waals surface area contributed by atoms with E-state index in [-0.39, 0.29) is 30.8 Å². The molecule has 1 saturated heterocycles. The first-order valence-electron chi connectivity index (χ1n) is 9.56. The lowest BCUT2D eigenvalue weighted by Crippen LogP contribution is -2.36. The Morgan fingerprint density at radius 1 is 1.43 bits per heavy atom. The summed E-state index contributed by atoms with van der Waals surface area (Å²) in [6, 6.07) is 8.23. The van der Waals surface area contributed by atoms with Gasteiger partial charge in [0.05, 0.1) is 18.8 Å². The maximum Gasteiger partial charge on any atom is 0.273 e. The molecule has 1 fully saturated rings. The number of benzene rings is 1. The maximum atomic E-state index is 12.0. The van der Waals surface area contributed by atoms with Crippen molar-refractivity contribution in [1.29, 1.82) is 0 Å². The highest BCUT2D eigenvalue weighted by Crippen LogP contribution is 2.25. The fraction of sp³-hybridized carbons (Fsp3) is 0.450. The van der Waals surface area contributed by atoms with Gasteiger partial charge in [-0.25, -0.2) is 4.68 Å². The first-order valence-corrected chi connectivity index (χ1v) is 9.56. The number of aliphatic hydroxyl groups is 1. The molecule has 0 radical (unpaired) electrons. The van der Waals surface area contributed by atoms with Crippen molar-refractivity contribution in [3.05, 3.63) is 54.4 Å². The minimum atomic E-state index is -0.318. The number of hydrogen-bond donors (Lipinski definition) is 2. The van der Waals surface area contributed by atoms with Gasteiger partial charge in [-0.1, -0.05) is 36.1 Å². The summed E-state index contributed by atoms with van der Waals surface area (Å²) in [5.41, 5.74) is 1.42. The summed E-state index contributed by atoms with van der Waals surface area (Å²) in [6.45, 7) is 6.92. The van der Waals surface area contributed by atoms with Crippen molar-refractivity contribution in [2.24, 2.45) is 0 Å². The van der Waals surface area contributed by atoms with E-state index in [4.69, 9.17) is 9.84 Å². The Kier molecular flexibility index (Phi) is 7.16. The molecular weight excluding hydrogens is 358 g/mol. The second-order valence-corrected chi connectivity index (χ2v) is 6.80. The van der Waals surface area contributed by atoms with Gasteiger partial charge in [0.1, 0.15) is 12.4 Å². The van der Waals surface area contributed by atoms with Crippen molar-refractivity contribution in [2.75, 3.05) is 32.8 Å². The number of carbonyl (C=O) groups is 1. The Labute approximate surface area is 164 Å². The van der Waals surface area contributed by atoms with Crippen LogP contribution in [-0.2, 0) is 6.54 Å². The third-order valence-corrected chi connectivity index (χ3v) is 4.72. The molecule has 0 spiro atoms. The zero-order valence-electron chi connectivity index (χ0n) is 16.0. The van der Waals surface area contributed by atoms with Crippen LogP contribution in [0.15, 0.2) is 43.1 Å². The maximum absolute atomic E-state index is 12.0. The molecule has 1 aliphatic rings. The molecule has 1 amide bonds. The van der Waals surface area contributed by atoms with Crippen LogP contribution in [0.1, 0.15) is 34.9 Å². The summed E-state index contributed by atoms with van der Waals surface area (Å²) >= 11 is 0. The molecule has 1 aromatic carbocycles. The second kappa shape index (κ2) is 10.0. The van der Waals surface area contributed by atoms with E-state index in [1.807, 2.05) is 18.2 Å². The van der Waals surface area contributed by atoms with Crippen LogP contribution >= 0.6 is 0 Å². The SMILES string of the molecule is C=CCOc1ccccc1CN1CCCC(n2cc(C(=O)NCCO)nn2)C1. The molecule has 0 saturated carbocycles. The van der Waals surface area contributed by atoms with E-state index in [2.05, 4.69) is 33.2 Å². The van der Waals surface area contributed by atoms with E-state index >= 15 is 0 Å². The van der Waals surface area contributed by atoms with Gasteiger partial charge in [-0.15, -0.1) is 5.10 Å². The largest absolute Gasteiger partial charge is 0.489 e. The van der Waals surface area contributed by atoms with Crippen molar-refractivity contribution in [1.82, 2.24) is 25.2 Å². The molecule has 1 aliphatic heterocycles. The van der Waals surface area contributed by atoms with Crippen molar-refractivity contribution < 1.29 is 14.6 Å². The Morgan fingerprint density at radius 2 is 2.29 bits per heavy atom. The minimum absolute atomic E-state index is 0.102. The summed E-state index contributed by atoms with van der Waals surface area (Å²) < 4.78 is 7.54. The van der Waals surface area contributed by atoms with Gasteiger partial charge >= 0.3 is 0 Å². The molecule has 8 nitrogen and oxygen atoms in total. The van der Waals surface area contributed by atoms with Gasteiger partial charge < -0.3 is 15.2 Å².